The first-order valence-corrected chi connectivity index (χ1v) is 7.91. The molecule has 1 heterocycles. The van der Waals surface area contributed by atoms with Crippen LogP contribution in [0.3, 0.4) is 0 Å². The second kappa shape index (κ2) is 6.60. The molecule has 0 fully saturated rings. The molecule has 110 valence electrons. The van der Waals surface area contributed by atoms with E-state index in [2.05, 4.69) is 21.2 Å². The van der Waals surface area contributed by atoms with Crippen LogP contribution in [0.15, 0.2) is 28.1 Å². The zero-order valence-corrected chi connectivity index (χ0v) is 14.4. The maximum Gasteiger partial charge on any atom is 0.350 e. The Labute approximate surface area is 139 Å². The molecule has 0 bridgehead atoms. The Kier molecular flexibility index (Phi) is 5.03. The maximum absolute atomic E-state index is 12.3. The van der Waals surface area contributed by atoms with Crippen molar-refractivity contribution in [2.75, 3.05) is 12.4 Å². The van der Waals surface area contributed by atoms with E-state index in [0.717, 1.165) is 5.56 Å². The monoisotopic (exact) mass is 387 g/mol. The summed E-state index contributed by atoms with van der Waals surface area (Å²) in [7, 11) is 1.30. The molecule has 2 rings (SSSR count). The Morgan fingerprint density at radius 2 is 2.05 bits per heavy atom. The van der Waals surface area contributed by atoms with Crippen LogP contribution in [-0.2, 0) is 4.74 Å². The van der Waals surface area contributed by atoms with Crippen molar-refractivity contribution in [3.05, 3.63) is 49.1 Å². The minimum Gasteiger partial charge on any atom is -0.465 e. The van der Waals surface area contributed by atoms with Gasteiger partial charge in [0.1, 0.15) is 4.88 Å². The van der Waals surface area contributed by atoms with Crippen molar-refractivity contribution < 1.29 is 14.3 Å². The molecule has 7 heteroatoms. The van der Waals surface area contributed by atoms with Gasteiger partial charge in [0.15, 0.2) is 0 Å². The van der Waals surface area contributed by atoms with Crippen LogP contribution in [0.5, 0.6) is 0 Å². The Bertz CT molecular complexity index is 694. The third kappa shape index (κ3) is 3.64. The molecular weight excluding hydrogens is 378 g/mol. The van der Waals surface area contributed by atoms with Gasteiger partial charge in [-0.2, -0.15) is 0 Å². The Balaban J connectivity index is 2.31. The largest absolute Gasteiger partial charge is 0.465 e. The van der Waals surface area contributed by atoms with Crippen LogP contribution in [0, 0.1) is 6.92 Å². The fraction of sp³-hybridized carbons (Fsp3) is 0.143. The number of amides is 1. The molecular formula is C14H11BrClNO3S. The quantitative estimate of drug-likeness (QED) is 0.787. The molecule has 0 spiro atoms. The number of thiophene rings is 1. The average Bonchev–Trinajstić information content (AvgIpc) is 2.78. The molecule has 1 N–H and O–H groups in total. The summed E-state index contributed by atoms with van der Waals surface area (Å²) >= 11 is 10.4. The number of hydrogen-bond acceptors (Lipinski definition) is 4. The van der Waals surface area contributed by atoms with Crippen molar-refractivity contribution in [2.24, 2.45) is 0 Å². The number of methoxy groups -OCH3 is 1. The van der Waals surface area contributed by atoms with Gasteiger partial charge in [-0.1, -0.05) is 27.5 Å². The van der Waals surface area contributed by atoms with Crippen LogP contribution in [0.1, 0.15) is 25.6 Å². The normalized spacial score (nSPS) is 10.3. The summed E-state index contributed by atoms with van der Waals surface area (Å²) in [4.78, 5) is 24.3. The first-order valence-electron chi connectivity index (χ1n) is 5.86. The summed E-state index contributed by atoms with van der Waals surface area (Å²) in [6.07, 6.45) is 0. The number of carbonyl (C=O) groups is 2. The van der Waals surface area contributed by atoms with E-state index in [1.165, 1.54) is 18.4 Å². The van der Waals surface area contributed by atoms with Gasteiger partial charge in [0.25, 0.3) is 5.91 Å². The van der Waals surface area contributed by atoms with Crippen molar-refractivity contribution in [1.82, 2.24) is 0 Å². The number of nitrogens with one attached hydrogen (secondary N) is 1. The molecule has 21 heavy (non-hydrogen) atoms. The van der Waals surface area contributed by atoms with Gasteiger partial charge in [0.2, 0.25) is 0 Å². The number of hydrogen-bond donors (Lipinski definition) is 1. The minimum atomic E-state index is -0.476. The van der Waals surface area contributed by atoms with Crippen LogP contribution < -0.4 is 5.32 Å². The van der Waals surface area contributed by atoms with Crippen molar-refractivity contribution in [1.29, 1.82) is 0 Å². The lowest BCUT2D eigenvalue weighted by molar-refractivity contribution is 0.0607. The summed E-state index contributed by atoms with van der Waals surface area (Å²) in [5, 5.41) is 4.97. The molecule has 4 nitrogen and oxygen atoms in total. The van der Waals surface area contributed by atoms with Crippen molar-refractivity contribution in [3.63, 3.8) is 0 Å². The molecule has 1 amide bonds. The van der Waals surface area contributed by atoms with E-state index < -0.39 is 5.97 Å². The first-order chi connectivity index (χ1) is 9.92. The third-order valence-corrected chi connectivity index (χ3v) is 4.46. The van der Waals surface area contributed by atoms with Gasteiger partial charge in [-0.05, 0) is 36.1 Å². The topological polar surface area (TPSA) is 55.4 Å². The van der Waals surface area contributed by atoms with Crippen LogP contribution in [-0.4, -0.2) is 19.0 Å². The molecule has 0 atom stereocenters. The SMILES string of the molecule is COC(=O)c1scc(C)c1NC(=O)c1cc(Cl)cc(Br)c1. The van der Waals surface area contributed by atoms with Crippen molar-refractivity contribution >= 4 is 56.4 Å². The highest BCUT2D eigenvalue weighted by molar-refractivity contribution is 9.10. The molecule has 0 saturated carbocycles. The predicted octanol–water partition coefficient (Wildman–Crippen LogP) is 4.51. The maximum atomic E-state index is 12.3. The van der Waals surface area contributed by atoms with Gasteiger partial charge in [0, 0.05) is 15.1 Å². The fourth-order valence-corrected chi connectivity index (χ4v) is 3.50. The lowest BCUT2D eigenvalue weighted by atomic mass is 10.2. The summed E-state index contributed by atoms with van der Waals surface area (Å²) < 4.78 is 5.41. The van der Waals surface area contributed by atoms with Gasteiger partial charge in [-0.3, -0.25) is 4.79 Å². The summed E-state index contributed by atoms with van der Waals surface area (Å²) in [6, 6.07) is 4.90. The molecule has 0 aliphatic rings. The van der Waals surface area contributed by atoms with Crippen LogP contribution in [0.2, 0.25) is 5.02 Å². The minimum absolute atomic E-state index is 0.343. The van der Waals surface area contributed by atoms with E-state index in [-0.39, 0.29) is 5.91 Å². The Morgan fingerprint density at radius 3 is 2.67 bits per heavy atom. The number of aryl methyl sites for hydroxylation is 1. The number of rotatable bonds is 3. The number of halogens is 2. The highest BCUT2D eigenvalue weighted by Gasteiger charge is 2.19. The van der Waals surface area contributed by atoms with Crippen LogP contribution in [0.4, 0.5) is 5.69 Å². The molecule has 0 radical (unpaired) electrons. The van der Waals surface area contributed by atoms with Gasteiger partial charge >= 0.3 is 5.97 Å². The van der Waals surface area contributed by atoms with E-state index >= 15 is 0 Å². The molecule has 1 aromatic heterocycles. The molecule has 1 aromatic carbocycles. The van der Waals surface area contributed by atoms with E-state index in [9.17, 15) is 9.59 Å². The average molecular weight is 389 g/mol. The molecule has 2 aromatic rings. The third-order valence-electron chi connectivity index (χ3n) is 2.71. The second-order valence-electron chi connectivity index (χ2n) is 4.23. The van der Waals surface area contributed by atoms with E-state index in [4.69, 9.17) is 16.3 Å². The molecule has 0 unspecified atom stereocenters. The van der Waals surface area contributed by atoms with E-state index in [0.29, 0.717) is 25.6 Å². The van der Waals surface area contributed by atoms with Gasteiger partial charge < -0.3 is 10.1 Å². The fourth-order valence-electron chi connectivity index (χ4n) is 1.71. The summed E-state index contributed by atoms with van der Waals surface area (Å²) in [5.41, 5.74) is 1.67. The zero-order valence-electron chi connectivity index (χ0n) is 11.2. The highest BCUT2D eigenvalue weighted by atomic mass is 79.9. The van der Waals surface area contributed by atoms with Crippen molar-refractivity contribution in [2.45, 2.75) is 6.92 Å². The molecule has 0 aliphatic carbocycles. The van der Waals surface area contributed by atoms with Gasteiger partial charge in [0.05, 0.1) is 12.8 Å². The molecule has 0 saturated heterocycles. The summed E-state index contributed by atoms with van der Waals surface area (Å²) in [5.74, 6) is -0.819. The number of benzene rings is 1. The second-order valence-corrected chi connectivity index (χ2v) is 6.46. The van der Waals surface area contributed by atoms with Gasteiger partial charge in [-0.25, -0.2) is 4.79 Å². The van der Waals surface area contributed by atoms with E-state index in [1.807, 2.05) is 6.92 Å². The lowest BCUT2D eigenvalue weighted by Gasteiger charge is -2.08. The van der Waals surface area contributed by atoms with Crippen LogP contribution in [0.25, 0.3) is 0 Å². The van der Waals surface area contributed by atoms with Crippen molar-refractivity contribution in [3.8, 4) is 0 Å². The Morgan fingerprint density at radius 1 is 1.33 bits per heavy atom. The van der Waals surface area contributed by atoms with E-state index in [1.54, 1.807) is 23.6 Å². The number of carbonyl (C=O) groups excluding carboxylic acids is 2. The molecule has 0 aliphatic heterocycles. The highest BCUT2D eigenvalue weighted by Crippen LogP contribution is 2.29. The summed E-state index contributed by atoms with van der Waals surface area (Å²) in [6.45, 7) is 1.81. The number of esters is 1. The number of anilines is 1. The Hall–Kier alpha value is -1.37. The zero-order chi connectivity index (χ0) is 15.6. The van der Waals surface area contributed by atoms with Crippen LogP contribution >= 0.6 is 38.9 Å². The first kappa shape index (κ1) is 16.0. The standard InChI is InChI=1S/C14H11BrClNO3S/c1-7-6-21-12(14(19)20-2)11(7)17-13(18)8-3-9(15)5-10(16)4-8/h3-6H,1-2H3,(H,17,18). The number of ether oxygens (including phenoxy) is 1. The lowest BCUT2D eigenvalue weighted by Crippen LogP contribution is -2.14. The smallest absolute Gasteiger partial charge is 0.350 e. The predicted molar refractivity (Wildman–Crippen MR) is 87.5 cm³/mol. The van der Waals surface area contributed by atoms with Gasteiger partial charge in [-0.15, -0.1) is 11.3 Å².